The van der Waals surface area contributed by atoms with Gasteiger partial charge in [-0.1, -0.05) is 12.1 Å². The van der Waals surface area contributed by atoms with Crippen molar-refractivity contribution in [1.29, 1.82) is 0 Å². The molecule has 16 heavy (non-hydrogen) atoms. The molecule has 82 valence electrons. The zero-order chi connectivity index (χ0) is 11.4. The minimum atomic E-state index is 0.443. The highest BCUT2D eigenvalue weighted by atomic mass is 32.2. The summed E-state index contributed by atoms with van der Waals surface area (Å²) in [6, 6.07) is 10.0. The SMILES string of the molecule is CSc1ccc(-c2nccc(CN)n2)cc1. The van der Waals surface area contributed by atoms with Crippen molar-refractivity contribution in [2.75, 3.05) is 6.26 Å². The first-order chi connectivity index (χ1) is 7.83. The summed E-state index contributed by atoms with van der Waals surface area (Å²) in [5.41, 5.74) is 7.43. The van der Waals surface area contributed by atoms with E-state index in [1.165, 1.54) is 4.90 Å². The molecular weight excluding hydrogens is 218 g/mol. The van der Waals surface area contributed by atoms with Gasteiger partial charge in [-0.25, -0.2) is 9.97 Å². The van der Waals surface area contributed by atoms with Crippen LogP contribution in [-0.4, -0.2) is 16.2 Å². The third kappa shape index (κ3) is 2.40. The molecule has 1 aromatic carbocycles. The summed E-state index contributed by atoms with van der Waals surface area (Å²) in [6.45, 7) is 0.443. The molecule has 0 aliphatic rings. The molecular formula is C12H13N3S. The molecule has 0 atom stereocenters. The van der Waals surface area contributed by atoms with Gasteiger partial charge in [0.15, 0.2) is 5.82 Å². The van der Waals surface area contributed by atoms with E-state index in [9.17, 15) is 0 Å². The Morgan fingerprint density at radius 2 is 1.94 bits per heavy atom. The summed E-state index contributed by atoms with van der Waals surface area (Å²) < 4.78 is 0. The van der Waals surface area contributed by atoms with E-state index in [-0.39, 0.29) is 0 Å². The maximum absolute atomic E-state index is 5.55. The molecule has 0 saturated heterocycles. The second kappa shape index (κ2) is 5.09. The molecule has 2 rings (SSSR count). The molecule has 3 nitrogen and oxygen atoms in total. The molecule has 1 aromatic heterocycles. The van der Waals surface area contributed by atoms with Crippen molar-refractivity contribution < 1.29 is 0 Å². The van der Waals surface area contributed by atoms with E-state index in [4.69, 9.17) is 5.73 Å². The second-order valence-corrected chi connectivity index (χ2v) is 4.18. The maximum atomic E-state index is 5.55. The van der Waals surface area contributed by atoms with Crippen LogP contribution in [0.5, 0.6) is 0 Å². The Morgan fingerprint density at radius 3 is 2.56 bits per heavy atom. The minimum absolute atomic E-state index is 0.443. The Hall–Kier alpha value is -1.39. The summed E-state index contributed by atoms with van der Waals surface area (Å²) in [5.74, 6) is 0.732. The zero-order valence-electron chi connectivity index (χ0n) is 9.05. The first kappa shape index (κ1) is 11.1. The molecule has 4 heteroatoms. The van der Waals surface area contributed by atoms with Crippen molar-refractivity contribution in [2.24, 2.45) is 5.73 Å². The molecule has 2 N–H and O–H groups in total. The monoisotopic (exact) mass is 231 g/mol. The van der Waals surface area contributed by atoms with Gasteiger partial charge in [0.05, 0.1) is 5.69 Å². The van der Waals surface area contributed by atoms with Crippen molar-refractivity contribution in [3.05, 3.63) is 42.2 Å². The number of rotatable bonds is 3. The van der Waals surface area contributed by atoms with Gasteiger partial charge in [-0.3, -0.25) is 0 Å². The average molecular weight is 231 g/mol. The topological polar surface area (TPSA) is 51.8 Å². The lowest BCUT2D eigenvalue weighted by Crippen LogP contribution is -2.01. The number of hydrogen-bond acceptors (Lipinski definition) is 4. The fourth-order valence-electron chi connectivity index (χ4n) is 1.39. The van der Waals surface area contributed by atoms with Gasteiger partial charge in [-0.2, -0.15) is 0 Å². The van der Waals surface area contributed by atoms with Gasteiger partial charge in [-0.05, 0) is 24.5 Å². The minimum Gasteiger partial charge on any atom is -0.325 e. The van der Waals surface area contributed by atoms with Gasteiger partial charge in [-0.15, -0.1) is 11.8 Å². The Morgan fingerprint density at radius 1 is 1.19 bits per heavy atom. The van der Waals surface area contributed by atoms with Crippen molar-refractivity contribution >= 4 is 11.8 Å². The number of benzene rings is 1. The third-order valence-electron chi connectivity index (χ3n) is 2.27. The van der Waals surface area contributed by atoms with Crippen LogP contribution in [0.25, 0.3) is 11.4 Å². The first-order valence-corrected chi connectivity index (χ1v) is 6.22. The Labute approximate surface area is 99.1 Å². The summed E-state index contributed by atoms with van der Waals surface area (Å²) >= 11 is 1.72. The summed E-state index contributed by atoms with van der Waals surface area (Å²) in [6.07, 6.45) is 3.80. The lowest BCUT2D eigenvalue weighted by Gasteiger charge is -2.02. The van der Waals surface area contributed by atoms with Crippen LogP contribution < -0.4 is 5.73 Å². The van der Waals surface area contributed by atoms with Gasteiger partial charge >= 0.3 is 0 Å². The van der Waals surface area contributed by atoms with Crippen molar-refractivity contribution in [2.45, 2.75) is 11.4 Å². The predicted molar refractivity (Wildman–Crippen MR) is 67.1 cm³/mol. The van der Waals surface area contributed by atoms with Gasteiger partial charge in [0.2, 0.25) is 0 Å². The summed E-state index contributed by atoms with van der Waals surface area (Å²) in [5, 5.41) is 0. The fourth-order valence-corrected chi connectivity index (χ4v) is 1.80. The molecule has 0 amide bonds. The fraction of sp³-hybridized carbons (Fsp3) is 0.167. The van der Waals surface area contributed by atoms with Crippen LogP contribution in [0.3, 0.4) is 0 Å². The van der Waals surface area contributed by atoms with E-state index in [0.717, 1.165) is 17.1 Å². The Kier molecular flexibility index (Phi) is 3.54. The van der Waals surface area contributed by atoms with E-state index in [0.29, 0.717) is 6.54 Å². The molecule has 2 aromatic rings. The molecule has 0 aliphatic carbocycles. The highest BCUT2D eigenvalue weighted by Gasteiger charge is 2.01. The molecule has 0 unspecified atom stereocenters. The third-order valence-corrected chi connectivity index (χ3v) is 3.01. The molecule has 0 aliphatic heterocycles. The molecule has 0 bridgehead atoms. The number of thioether (sulfide) groups is 1. The molecule has 0 radical (unpaired) electrons. The van der Waals surface area contributed by atoms with E-state index >= 15 is 0 Å². The van der Waals surface area contributed by atoms with E-state index in [2.05, 4.69) is 28.4 Å². The van der Waals surface area contributed by atoms with E-state index in [1.54, 1.807) is 18.0 Å². The van der Waals surface area contributed by atoms with Crippen molar-refractivity contribution in [3.63, 3.8) is 0 Å². The Balaban J connectivity index is 2.34. The second-order valence-electron chi connectivity index (χ2n) is 3.30. The van der Waals surface area contributed by atoms with Gasteiger partial charge in [0, 0.05) is 23.2 Å². The van der Waals surface area contributed by atoms with Crippen LogP contribution in [0.2, 0.25) is 0 Å². The number of aromatic nitrogens is 2. The highest BCUT2D eigenvalue weighted by molar-refractivity contribution is 7.98. The number of nitrogens with two attached hydrogens (primary N) is 1. The van der Waals surface area contributed by atoms with Gasteiger partial charge in [0.25, 0.3) is 0 Å². The van der Waals surface area contributed by atoms with Crippen LogP contribution in [0.4, 0.5) is 0 Å². The van der Waals surface area contributed by atoms with Gasteiger partial charge < -0.3 is 5.73 Å². The lowest BCUT2D eigenvalue weighted by atomic mass is 10.2. The van der Waals surface area contributed by atoms with E-state index in [1.807, 2.05) is 18.2 Å². The van der Waals surface area contributed by atoms with Crippen molar-refractivity contribution in [3.8, 4) is 11.4 Å². The maximum Gasteiger partial charge on any atom is 0.159 e. The largest absolute Gasteiger partial charge is 0.325 e. The lowest BCUT2D eigenvalue weighted by molar-refractivity contribution is 0.969. The highest BCUT2D eigenvalue weighted by Crippen LogP contribution is 2.20. The van der Waals surface area contributed by atoms with Crippen LogP contribution in [-0.2, 0) is 6.54 Å². The molecule has 0 fully saturated rings. The smallest absolute Gasteiger partial charge is 0.159 e. The number of hydrogen-bond donors (Lipinski definition) is 1. The van der Waals surface area contributed by atoms with Gasteiger partial charge in [0.1, 0.15) is 0 Å². The standard InChI is InChI=1S/C12H13N3S/c1-16-11-4-2-9(3-5-11)12-14-7-6-10(8-13)15-12/h2-7H,8,13H2,1H3. The zero-order valence-corrected chi connectivity index (χ0v) is 9.87. The summed E-state index contributed by atoms with van der Waals surface area (Å²) in [4.78, 5) is 9.85. The molecule has 0 saturated carbocycles. The van der Waals surface area contributed by atoms with Crippen LogP contribution in [0, 0.1) is 0 Å². The normalized spacial score (nSPS) is 10.4. The van der Waals surface area contributed by atoms with Crippen molar-refractivity contribution in [1.82, 2.24) is 9.97 Å². The summed E-state index contributed by atoms with van der Waals surface area (Å²) in [7, 11) is 0. The van der Waals surface area contributed by atoms with Crippen LogP contribution in [0.1, 0.15) is 5.69 Å². The number of nitrogens with zero attached hydrogens (tertiary/aromatic N) is 2. The quantitative estimate of drug-likeness (QED) is 0.824. The van der Waals surface area contributed by atoms with Crippen LogP contribution in [0.15, 0.2) is 41.4 Å². The average Bonchev–Trinajstić information content (AvgIpc) is 2.39. The predicted octanol–water partition coefficient (Wildman–Crippen LogP) is 2.32. The Bertz CT molecular complexity index is 468. The van der Waals surface area contributed by atoms with Crippen LogP contribution >= 0.6 is 11.8 Å². The molecule has 1 heterocycles. The molecule has 0 spiro atoms. The van der Waals surface area contributed by atoms with E-state index < -0.39 is 0 Å². The first-order valence-electron chi connectivity index (χ1n) is 5.00.